The van der Waals surface area contributed by atoms with E-state index < -0.39 is 0 Å². The topological polar surface area (TPSA) is 38.3 Å². The molecule has 0 aliphatic heterocycles. The fraction of sp³-hybridized carbons (Fsp3) is 0.938. The highest BCUT2D eigenvalue weighted by molar-refractivity contribution is 5.75. The minimum Gasteiger partial charge on any atom is -0.381 e. The summed E-state index contributed by atoms with van der Waals surface area (Å²) in [4.78, 5) is 11.2. The third-order valence-electron chi connectivity index (χ3n) is 2.22. The summed E-state index contributed by atoms with van der Waals surface area (Å²) in [6.07, 6.45) is 6.20. The number of carbonyl (C=O) groups is 1. The maximum Gasteiger partial charge on any atom is 0.222 e. The summed E-state index contributed by atoms with van der Waals surface area (Å²) in [5.74, 6) is 0.110. The largest absolute Gasteiger partial charge is 0.381 e. The van der Waals surface area contributed by atoms with Crippen LogP contribution in [0.1, 0.15) is 81.5 Å². The Bertz CT molecular complexity index is 155. The Balaban J connectivity index is -0.000000233. The molecule has 0 heterocycles. The van der Waals surface area contributed by atoms with Crippen LogP contribution in [-0.2, 0) is 9.53 Å². The van der Waals surface area contributed by atoms with Crippen LogP contribution in [0.15, 0.2) is 0 Å². The van der Waals surface area contributed by atoms with Gasteiger partial charge in [-0.05, 0) is 12.8 Å². The van der Waals surface area contributed by atoms with Crippen LogP contribution in [0.3, 0.4) is 0 Å². The number of amides is 1. The first-order valence-electron chi connectivity index (χ1n) is 8.15. The lowest BCUT2D eigenvalue weighted by Crippen LogP contribution is -2.25. The van der Waals surface area contributed by atoms with Gasteiger partial charge in [-0.1, -0.05) is 60.8 Å². The Hall–Kier alpha value is -0.570. The molecule has 1 amide bonds. The van der Waals surface area contributed by atoms with Gasteiger partial charge >= 0.3 is 0 Å². The van der Waals surface area contributed by atoms with E-state index >= 15 is 0 Å². The summed E-state index contributed by atoms with van der Waals surface area (Å²) in [6.45, 7) is 14.4. The first-order chi connectivity index (χ1) is 9.31. The van der Waals surface area contributed by atoms with Crippen LogP contribution in [0.2, 0.25) is 0 Å². The zero-order valence-corrected chi connectivity index (χ0v) is 14.2. The Morgan fingerprint density at radius 2 is 1.53 bits per heavy atom. The van der Waals surface area contributed by atoms with Crippen LogP contribution in [0.4, 0.5) is 0 Å². The second kappa shape index (κ2) is 26.1. The number of nitrogens with one attached hydrogen (secondary N) is 1. The maximum atomic E-state index is 11.2. The molecule has 0 saturated carbocycles. The molecule has 0 saturated heterocycles. The van der Waals surface area contributed by atoms with E-state index in [2.05, 4.69) is 19.2 Å². The minimum atomic E-state index is 0. The van der Waals surface area contributed by atoms with Crippen molar-refractivity contribution in [2.75, 3.05) is 19.8 Å². The van der Waals surface area contributed by atoms with Crippen LogP contribution >= 0.6 is 0 Å². The van der Waals surface area contributed by atoms with Gasteiger partial charge < -0.3 is 10.1 Å². The normalized spacial score (nSPS) is 8.74. The van der Waals surface area contributed by atoms with E-state index in [4.69, 9.17) is 4.74 Å². The molecule has 0 atom stereocenters. The van der Waals surface area contributed by atoms with Crippen LogP contribution in [0.5, 0.6) is 0 Å². The first-order valence-corrected chi connectivity index (χ1v) is 8.15. The van der Waals surface area contributed by atoms with Gasteiger partial charge in [0.2, 0.25) is 5.91 Å². The second-order valence-electron chi connectivity index (χ2n) is 3.77. The molecule has 0 unspecified atom stereocenters. The molecule has 0 fully saturated rings. The van der Waals surface area contributed by atoms with Gasteiger partial charge in [0.1, 0.15) is 0 Å². The molecule has 120 valence electrons. The molecule has 0 radical (unpaired) electrons. The smallest absolute Gasteiger partial charge is 0.222 e. The fourth-order valence-electron chi connectivity index (χ4n) is 1.21. The van der Waals surface area contributed by atoms with Crippen molar-refractivity contribution < 1.29 is 11.0 Å². The van der Waals surface area contributed by atoms with Crippen molar-refractivity contribution in [2.24, 2.45) is 0 Å². The Labute approximate surface area is 123 Å². The average molecular weight is 277 g/mol. The van der Waals surface area contributed by atoms with Gasteiger partial charge in [-0.25, -0.2) is 0 Å². The van der Waals surface area contributed by atoms with Gasteiger partial charge in [0.25, 0.3) is 0 Å². The van der Waals surface area contributed by atoms with Crippen LogP contribution < -0.4 is 5.32 Å². The van der Waals surface area contributed by atoms with Gasteiger partial charge in [-0.2, -0.15) is 0 Å². The average Bonchev–Trinajstić information content (AvgIpc) is 2.47. The van der Waals surface area contributed by atoms with E-state index in [-0.39, 0.29) is 7.33 Å². The summed E-state index contributed by atoms with van der Waals surface area (Å²) in [5.41, 5.74) is 0. The van der Waals surface area contributed by atoms with Crippen molar-refractivity contribution in [1.29, 1.82) is 0 Å². The summed E-state index contributed by atoms with van der Waals surface area (Å²) in [6, 6.07) is 0. The zero-order chi connectivity index (χ0) is 15.4. The first kappa shape index (κ1) is 23.5. The Morgan fingerprint density at radius 1 is 0.947 bits per heavy atom. The molecule has 0 aromatic rings. The maximum absolute atomic E-state index is 11.2. The molecular formula is C16H39NO2. The van der Waals surface area contributed by atoms with Crippen molar-refractivity contribution >= 4 is 5.91 Å². The van der Waals surface area contributed by atoms with Gasteiger partial charge in [0.15, 0.2) is 0 Å². The molecule has 19 heavy (non-hydrogen) atoms. The number of hydrogen-bond donors (Lipinski definition) is 1. The van der Waals surface area contributed by atoms with Crippen LogP contribution in [-0.4, -0.2) is 25.7 Å². The highest BCUT2D eigenvalue weighted by Crippen LogP contribution is 1.94. The molecule has 1 N–H and O–H groups in total. The third kappa shape index (κ3) is 26.9. The molecule has 3 heteroatoms. The lowest BCUT2D eigenvalue weighted by atomic mass is 10.3. The fourth-order valence-corrected chi connectivity index (χ4v) is 1.21. The molecule has 0 spiro atoms. The van der Waals surface area contributed by atoms with Crippen molar-refractivity contribution in [3.63, 3.8) is 0 Å². The molecule has 0 aromatic heterocycles. The van der Waals surface area contributed by atoms with Gasteiger partial charge in [-0.3, -0.25) is 4.79 Å². The Morgan fingerprint density at radius 3 is 2.05 bits per heavy atom. The lowest BCUT2D eigenvalue weighted by Gasteiger charge is -2.05. The molecule has 0 aromatic carbocycles. The summed E-state index contributed by atoms with van der Waals surface area (Å²) < 4.78 is 5.35. The highest BCUT2D eigenvalue weighted by Gasteiger charge is 1.99. The highest BCUT2D eigenvalue weighted by atomic mass is 16.5. The van der Waals surface area contributed by atoms with Gasteiger partial charge in [-0.15, -0.1) is 0 Å². The standard InChI is InChI=1S/C12H25NO2.2C2H6.H2/c1-3-5-7-10-15-11-8-12(14)13-9-6-4-2;2*1-2;/h3-11H2,1-2H3,(H,13,14);2*1-2H3;1H. The van der Waals surface area contributed by atoms with Crippen molar-refractivity contribution in [1.82, 2.24) is 5.32 Å². The molecular weight excluding hydrogens is 238 g/mol. The number of unbranched alkanes of at least 4 members (excludes halogenated alkanes) is 3. The molecule has 0 rings (SSSR count). The van der Waals surface area contributed by atoms with Gasteiger partial charge in [0.05, 0.1) is 6.61 Å². The molecule has 0 bridgehead atoms. The van der Waals surface area contributed by atoms with E-state index in [0.29, 0.717) is 13.0 Å². The van der Waals surface area contributed by atoms with Crippen molar-refractivity contribution in [2.45, 2.75) is 80.1 Å². The SMILES string of the molecule is CC.CC.CCCCCOCCC(=O)NCCCC.[HH]. The van der Waals surface area contributed by atoms with E-state index in [9.17, 15) is 4.79 Å². The summed E-state index contributed by atoms with van der Waals surface area (Å²) in [5, 5.41) is 2.87. The lowest BCUT2D eigenvalue weighted by molar-refractivity contribution is -0.122. The quantitative estimate of drug-likeness (QED) is 0.583. The number of hydrogen-bond acceptors (Lipinski definition) is 2. The molecule has 0 aliphatic carbocycles. The number of ether oxygens (including phenoxy) is 1. The third-order valence-corrected chi connectivity index (χ3v) is 2.22. The van der Waals surface area contributed by atoms with Crippen LogP contribution in [0.25, 0.3) is 0 Å². The van der Waals surface area contributed by atoms with Gasteiger partial charge in [0, 0.05) is 21.0 Å². The van der Waals surface area contributed by atoms with E-state index in [0.717, 1.165) is 32.4 Å². The number of carbonyl (C=O) groups excluding carboxylic acids is 1. The molecule has 3 nitrogen and oxygen atoms in total. The van der Waals surface area contributed by atoms with E-state index in [1.165, 1.54) is 12.8 Å². The summed E-state index contributed by atoms with van der Waals surface area (Å²) in [7, 11) is 0. The minimum absolute atomic E-state index is 0. The monoisotopic (exact) mass is 277 g/mol. The van der Waals surface area contributed by atoms with E-state index in [1.54, 1.807) is 0 Å². The zero-order valence-electron chi connectivity index (χ0n) is 14.2. The van der Waals surface area contributed by atoms with E-state index in [1.807, 2.05) is 27.7 Å². The van der Waals surface area contributed by atoms with Crippen molar-refractivity contribution in [3.05, 3.63) is 0 Å². The predicted molar refractivity (Wildman–Crippen MR) is 87.7 cm³/mol. The molecule has 0 aliphatic rings. The summed E-state index contributed by atoms with van der Waals surface area (Å²) >= 11 is 0. The predicted octanol–water partition coefficient (Wildman–Crippen LogP) is 4.80. The van der Waals surface area contributed by atoms with Crippen LogP contribution in [0, 0.1) is 0 Å². The Kier molecular flexibility index (Phi) is 32.3. The number of rotatable bonds is 10. The second-order valence-corrected chi connectivity index (χ2v) is 3.77. The van der Waals surface area contributed by atoms with Crippen molar-refractivity contribution in [3.8, 4) is 0 Å².